The Bertz CT molecular complexity index is 1190. The van der Waals surface area contributed by atoms with E-state index in [1.807, 2.05) is 48.5 Å². The maximum Gasteiger partial charge on any atom is 0.363 e. The molecule has 4 rings (SSSR count). The van der Waals surface area contributed by atoms with Crippen molar-refractivity contribution < 1.29 is 14.3 Å². The molecule has 0 N–H and O–H groups in total. The van der Waals surface area contributed by atoms with Crippen LogP contribution in [0.2, 0.25) is 5.02 Å². The van der Waals surface area contributed by atoms with Gasteiger partial charge in [-0.3, -0.25) is 0 Å². The molecule has 150 valence electrons. The Morgan fingerprint density at radius 2 is 1.93 bits per heavy atom. The maximum atomic E-state index is 12.3. The first-order chi connectivity index (χ1) is 14.5. The van der Waals surface area contributed by atoms with E-state index in [0.717, 1.165) is 14.7 Å². The number of aryl methyl sites for hydroxylation is 1. The van der Waals surface area contributed by atoms with Gasteiger partial charge in [0.25, 0.3) is 0 Å². The Kier molecular flexibility index (Phi) is 6.20. The van der Waals surface area contributed by atoms with E-state index >= 15 is 0 Å². The van der Waals surface area contributed by atoms with Crippen molar-refractivity contribution in [3.8, 4) is 5.75 Å². The predicted molar refractivity (Wildman–Crippen MR) is 127 cm³/mol. The molecule has 0 saturated heterocycles. The number of hydrogen-bond acceptors (Lipinski definition) is 4. The number of nitrogens with zero attached hydrogens (tertiary/aromatic N) is 1. The third-order valence-electron chi connectivity index (χ3n) is 4.43. The van der Waals surface area contributed by atoms with E-state index in [-0.39, 0.29) is 11.6 Å². The van der Waals surface area contributed by atoms with Crippen LogP contribution in [0.15, 0.2) is 77.4 Å². The van der Waals surface area contributed by atoms with Crippen molar-refractivity contribution in [3.05, 3.63) is 103 Å². The molecule has 0 bridgehead atoms. The number of benzene rings is 3. The Labute approximate surface area is 193 Å². The smallest absolute Gasteiger partial charge is 0.363 e. The second kappa shape index (κ2) is 9.02. The summed E-state index contributed by atoms with van der Waals surface area (Å²) in [7, 11) is 0. The third kappa shape index (κ3) is 4.91. The van der Waals surface area contributed by atoms with E-state index in [4.69, 9.17) is 21.1 Å². The number of hydrogen-bond donors (Lipinski definition) is 0. The predicted octanol–water partition coefficient (Wildman–Crippen LogP) is 6.18. The van der Waals surface area contributed by atoms with Crippen LogP contribution in [0.25, 0.3) is 6.08 Å². The summed E-state index contributed by atoms with van der Waals surface area (Å²) in [6.07, 6.45) is 1.68. The first-order valence-corrected chi connectivity index (χ1v) is 10.7. The van der Waals surface area contributed by atoms with Gasteiger partial charge in [-0.2, -0.15) is 0 Å². The molecular formula is C24H17ClINO3. The average molecular weight is 530 g/mol. The monoisotopic (exact) mass is 529 g/mol. The number of esters is 1. The van der Waals surface area contributed by atoms with E-state index in [2.05, 4.69) is 46.6 Å². The van der Waals surface area contributed by atoms with E-state index in [0.29, 0.717) is 22.9 Å². The molecule has 0 aromatic heterocycles. The topological polar surface area (TPSA) is 47.9 Å². The molecule has 0 unspecified atom stereocenters. The Morgan fingerprint density at radius 1 is 1.10 bits per heavy atom. The summed E-state index contributed by atoms with van der Waals surface area (Å²) in [5.74, 6) is 0.412. The molecule has 0 amide bonds. The highest BCUT2D eigenvalue weighted by molar-refractivity contribution is 14.1. The molecule has 30 heavy (non-hydrogen) atoms. The number of aliphatic imine (C=N–C) groups is 1. The summed E-state index contributed by atoms with van der Waals surface area (Å²) < 4.78 is 12.2. The SMILES string of the molecule is Cc1cccc(COc2cccc(/C=C3\N=C(c4cc(I)ccc4Cl)OC3=O)c2)c1. The van der Waals surface area contributed by atoms with Crippen LogP contribution in [0.3, 0.4) is 0 Å². The van der Waals surface area contributed by atoms with E-state index in [1.165, 1.54) is 5.56 Å². The molecule has 0 saturated carbocycles. The van der Waals surface area contributed by atoms with Crippen LogP contribution in [-0.4, -0.2) is 11.9 Å². The fourth-order valence-corrected chi connectivity index (χ4v) is 3.70. The quantitative estimate of drug-likeness (QED) is 0.225. The van der Waals surface area contributed by atoms with Crippen molar-refractivity contribution in [2.75, 3.05) is 0 Å². The molecule has 3 aromatic rings. The van der Waals surface area contributed by atoms with Gasteiger partial charge in [0.1, 0.15) is 12.4 Å². The zero-order chi connectivity index (χ0) is 21.1. The molecule has 0 fully saturated rings. The van der Waals surface area contributed by atoms with Crippen LogP contribution >= 0.6 is 34.2 Å². The van der Waals surface area contributed by atoms with Gasteiger partial charge in [-0.25, -0.2) is 9.79 Å². The van der Waals surface area contributed by atoms with Gasteiger partial charge in [0.2, 0.25) is 5.90 Å². The number of cyclic esters (lactones) is 1. The first-order valence-electron chi connectivity index (χ1n) is 9.24. The molecular weight excluding hydrogens is 513 g/mol. The highest BCUT2D eigenvalue weighted by Crippen LogP contribution is 2.26. The van der Waals surface area contributed by atoms with Gasteiger partial charge >= 0.3 is 5.97 Å². The lowest BCUT2D eigenvalue weighted by atomic mass is 10.1. The second-order valence-corrected chi connectivity index (χ2v) is 8.46. The fourth-order valence-electron chi connectivity index (χ4n) is 3.01. The Hall–Kier alpha value is -2.64. The number of carbonyl (C=O) groups excluding carboxylic acids is 1. The molecule has 1 aliphatic rings. The van der Waals surface area contributed by atoms with Crippen molar-refractivity contribution in [3.63, 3.8) is 0 Å². The van der Waals surface area contributed by atoms with Crippen molar-refractivity contribution >= 4 is 52.1 Å². The van der Waals surface area contributed by atoms with Crippen LogP contribution in [0.4, 0.5) is 0 Å². The minimum absolute atomic E-state index is 0.210. The summed E-state index contributed by atoms with van der Waals surface area (Å²) >= 11 is 8.41. The zero-order valence-corrected chi connectivity index (χ0v) is 19.0. The largest absolute Gasteiger partial charge is 0.489 e. The summed E-state index contributed by atoms with van der Waals surface area (Å²) in [6.45, 7) is 2.52. The molecule has 6 heteroatoms. The standard InChI is InChI=1S/C24H17ClINO3/c1-15-4-2-6-17(10-15)14-29-19-7-3-5-16(11-19)12-22-24(28)30-23(27-22)20-13-18(26)8-9-21(20)25/h2-13H,14H2,1H3/b22-12-. The van der Waals surface area contributed by atoms with Gasteiger partial charge in [-0.05, 0) is 77.0 Å². The van der Waals surface area contributed by atoms with Crippen LogP contribution in [0, 0.1) is 10.5 Å². The highest BCUT2D eigenvalue weighted by Gasteiger charge is 2.25. The number of ether oxygens (including phenoxy) is 2. The van der Waals surface area contributed by atoms with Gasteiger partial charge < -0.3 is 9.47 Å². The first kappa shape index (κ1) is 20.6. The van der Waals surface area contributed by atoms with Crippen molar-refractivity contribution in [2.45, 2.75) is 13.5 Å². The summed E-state index contributed by atoms with van der Waals surface area (Å²) in [5, 5.41) is 0.481. The lowest BCUT2D eigenvalue weighted by Crippen LogP contribution is -2.06. The number of rotatable bonds is 5. The summed E-state index contributed by atoms with van der Waals surface area (Å²) in [6, 6.07) is 21.1. The fraction of sp³-hybridized carbons (Fsp3) is 0.0833. The Balaban J connectivity index is 1.54. The second-order valence-electron chi connectivity index (χ2n) is 6.81. The van der Waals surface area contributed by atoms with Crippen LogP contribution < -0.4 is 4.74 Å². The Morgan fingerprint density at radius 3 is 2.77 bits per heavy atom. The van der Waals surface area contributed by atoms with Crippen molar-refractivity contribution in [1.29, 1.82) is 0 Å². The molecule has 1 heterocycles. The average Bonchev–Trinajstić information content (AvgIpc) is 3.09. The number of carbonyl (C=O) groups is 1. The summed E-state index contributed by atoms with van der Waals surface area (Å²) in [4.78, 5) is 16.7. The van der Waals surface area contributed by atoms with Gasteiger partial charge in [0, 0.05) is 3.57 Å². The lowest BCUT2D eigenvalue weighted by Gasteiger charge is -2.07. The van der Waals surface area contributed by atoms with Crippen molar-refractivity contribution in [1.82, 2.24) is 0 Å². The normalized spacial score (nSPS) is 14.6. The minimum Gasteiger partial charge on any atom is -0.489 e. The summed E-state index contributed by atoms with van der Waals surface area (Å²) in [5.41, 5.74) is 3.90. The molecule has 0 atom stereocenters. The maximum absolute atomic E-state index is 12.3. The molecule has 4 nitrogen and oxygen atoms in total. The number of halogens is 2. The van der Waals surface area contributed by atoms with Gasteiger partial charge in [-0.15, -0.1) is 0 Å². The van der Waals surface area contributed by atoms with Crippen LogP contribution in [0.5, 0.6) is 5.75 Å². The van der Waals surface area contributed by atoms with E-state index in [1.54, 1.807) is 12.1 Å². The van der Waals surface area contributed by atoms with Crippen molar-refractivity contribution in [2.24, 2.45) is 4.99 Å². The molecule has 0 aliphatic carbocycles. The lowest BCUT2D eigenvalue weighted by molar-refractivity contribution is -0.129. The molecule has 0 spiro atoms. The van der Waals surface area contributed by atoms with Gasteiger partial charge in [-0.1, -0.05) is 53.6 Å². The highest BCUT2D eigenvalue weighted by atomic mass is 127. The van der Waals surface area contributed by atoms with Gasteiger partial charge in [0.05, 0.1) is 10.6 Å². The molecule has 1 aliphatic heterocycles. The third-order valence-corrected chi connectivity index (χ3v) is 5.43. The zero-order valence-electron chi connectivity index (χ0n) is 16.1. The molecule has 0 radical (unpaired) electrons. The van der Waals surface area contributed by atoms with Crippen LogP contribution in [-0.2, 0) is 16.1 Å². The van der Waals surface area contributed by atoms with Gasteiger partial charge in [0.15, 0.2) is 5.70 Å². The van der Waals surface area contributed by atoms with Crippen LogP contribution in [0.1, 0.15) is 22.3 Å². The van der Waals surface area contributed by atoms with E-state index in [9.17, 15) is 4.79 Å². The minimum atomic E-state index is -0.508. The molecule has 3 aromatic carbocycles. The van der Waals surface area contributed by atoms with E-state index < -0.39 is 5.97 Å².